The predicted octanol–water partition coefficient (Wildman–Crippen LogP) is 7.37. The van der Waals surface area contributed by atoms with Gasteiger partial charge in [-0.15, -0.1) is 0 Å². The lowest BCUT2D eigenvalue weighted by Crippen LogP contribution is -2.52. The summed E-state index contributed by atoms with van der Waals surface area (Å²) in [6.07, 6.45) is 6.13. The summed E-state index contributed by atoms with van der Waals surface area (Å²) >= 11 is 0. The molecule has 0 spiro atoms. The maximum Gasteiger partial charge on any atom is 0.407 e. The van der Waals surface area contributed by atoms with Crippen molar-refractivity contribution in [2.45, 2.75) is 89.6 Å². The van der Waals surface area contributed by atoms with E-state index in [9.17, 15) is 19.2 Å². The maximum atomic E-state index is 13.9. The van der Waals surface area contributed by atoms with Crippen molar-refractivity contribution < 1.29 is 28.7 Å². The molecule has 2 aliphatic carbocycles. The Balaban J connectivity index is 0.936. The molecule has 2 saturated heterocycles. The number of rotatable bonds is 11. The molecule has 3 aromatic carbocycles. The fourth-order valence-corrected chi connectivity index (χ4v) is 9.67. The van der Waals surface area contributed by atoms with Crippen molar-refractivity contribution in [1.82, 2.24) is 40.4 Å². The number of aromatic amines is 2. The number of alkyl carbamates (subject to hydrolysis) is 2. The quantitative estimate of drug-likeness (QED) is 0.107. The number of H-pyrrole nitrogens is 2. The lowest BCUT2D eigenvalue weighted by atomic mass is 9.94. The van der Waals surface area contributed by atoms with Gasteiger partial charge in [-0.1, -0.05) is 88.4 Å². The summed E-state index contributed by atoms with van der Waals surface area (Å²) in [6, 6.07) is 19.5. The Kier molecular flexibility index (Phi) is 10.1. The minimum absolute atomic E-state index is 0.103. The molecule has 4 N–H and O–H groups in total. The Morgan fingerprint density at radius 2 is 1.20 bits per heavy atom. The average Bonchev–Trinajstić information content (AvgIpc) is 3.84. The number of carbonyl (C=O) groups excluding carboxylic acids is 4. The van der Waals surface area contributed by atoms with Crippen molar-refractivity contribution in [2.75, 3.05) is 14.2 Å². The van der Waals surface area contributed by atoms with Gasteiger partial charge >= 0.3 is 12.2 Å². The minimum Gasteiger partial charge on any atom is -0.453 e. The van der Waals surface area contributed by atoms with Crippen LogP contribution in [0, 0.1) is 23.7 Å². The fraction of sp³-hybridized carbons (Fsp3) is 0.435. The molecule has 14 nitrogen and oxygen atoms in total. The molecule has 5 aromatic rings. The summed E-state index contributed by atoms with van der Waals surface area (Å²) in [7, 11) is 2.61. The summed E-state index contributed by atoms with van der Waals surface area (Å²) in [5.74, 6) is 1.94. The molecular formula is C46H52N8O6. The molecule has 2 aliphatic heterocycles. The van der Waals surface area contributed by atoms with Crippen molar-refractivity contribution in [3.05, 3.63) is 84.7 Å². The van der Waals surface area contributed by atoms with Gasteiger partial charge < -0.3 is 39.9 Å². The number of hydrogen-bond donors (Lipinski definition) is 4. The third-order valence-corrected chi connectivity index (χ3v) is 13.0. The van der Waals surface area contributed by atoms with Crippen LogP contribution in [0.3, 0.4) is 0 Å². The monoisotopic (exact) mass is 812 g/mol. The predicted molar refractivity (Wildman–Crippen MR) is 225 cm³/mol. The van der Waals surface area contributed by atoms with E-state index >= 15 is 0 Å². The molecular weight excluding hydrogens is 761 g/mol. The van der Waals surface area contributed by atoms with Gasteiger partial charge in [-0.2, -0.15) is 0 Å². The molecule has 14 heteroatoms. The van der Waals surface area contributed by atoms with Crippen LogP contribution in [0.25, 0.3) is 44.4 Å². The Bertz CT molecular complexity index is 2460. The van der Waals surface area contributed by atoms with Crippen molar-refractivity contribution >= 4 is 34.8 Å². The summed E-state index contributed by atoms with van der Waals surface area (Å²) in [5, 5.41) is 7.65. The molecule has 4 fully saturated rings. The molecule has 2 saturated carbocycles. The van der Waals surface area contributed by atoms with E-state index < -0.39 is 24.3 Å². The first-order valence-corrected chi connectivity index (χ1v) is 21.0. The van der Waals surface area contributed by atoms with Gasteiger partial charge in [-0.3, -0.25) is 9.59 Å². The number of ether oxygens (including phenoxy) is 2. The number of fused-ring (bicyclic) bond motifs is 3. The lowest BCUT2D eigenvalue weighted by Gasteiger charge is -2.31. The zero-order valence-electron chi connectivity index (χ0n) is 34.8. The van der Waals surface area contributed by atoms with Crippen molar-refractivity contribution in [2.24, 2.45) is 23.7 Å². The van der Waals surface area contributed by atoms with E-state index in [1.165, 1.54) is 14.2 Å². The van der Waals surface area contributed by atoms with E-state index in [1.54, 1.807) is 0 Å². The van der Waals surface area contributed by atoms with Crippen LogP contribution in [0.1, 0.15) is 77.1 Å². The number of piperidine rings is 2. The molecule has 8 atom stereocenters. The van der Waals surface area contributed by atoms with Crippen molar-refractivity contribution in [3.8, 4) is 33.6 Å². The van der Waals surface area contributed by atoms with Crippen LogP contribution in [-0.2, 0) is 19.1 Å². The Morgan fingerprint density at radius 1 is 0.683 bits per heavy atom. The molecule has 0 radical (unpaired) electrons. The van der Waals surface area contributed by atoms with E-state index in [4.69, 9.17) is 19.4 Å². The molecule has 312 valence electrons. The highest BCUT2D eigenvalue weighted by molar-refractivity contribution is 6.04. The van der Waals surface area contributed by atoms with Crippen LogP contribution in [0.2, 0.25) is 0 Å². The molecule has 4 amide bonds. The van der Waals surface area contributed by atoms with Crippen molar-refractivity contribution in [3.63, 3.8) is 0 Å². The zero-order valence-corrected chi connectivity index (χ0v) is 34.8. The molecule has 2 aromatic heterocycles. The van der Waals surface area contributed by atoms with Crippen LogP contribution in [-0.4, -0.2) is 92.1 Å². The van der Waals surface area contributed by atoms with Crippen molar-refractivity contribution in [1.29, 1.82) is 0 Å². The zero-order chi connectivity index (χ0) is 42.0. The second-order valence-electron chi connectivity index (χ2n) is 17.5. The molecule has 9 rings (SSSR count). The molecule has 0 unspecified atom stereocenters. The number of aromatic nitrogens is 4. The minimum atomic E-state index is -0.691. The van der Waals surface area contributed by atoms with Crippen LogP contribution < -0.4 is 10.6 Å². The number of nitrogens with zero attached hydrogens (tertiary/aromatic N) is 4. The third kappa shape index (κ3) is 7.05. The Hall–Kier alpha value is -6.18. The van der Waals surface area contributed by atoms with E-state index in [0.717, 1.165) is 81.7 Å². The van der Waals surface area contributed by atoms with Crippen LogP contribution in [0.15, 0.2) is 73.1 Å². The number of imidazole rings is 2. The highest BCUT2D eigenvalue weighted by Crippen LogP contribution is 2.54. The molecule has 60 heavy (non-hydrogen) atoms. The second-order valence-corrected chi connectivity index (χ2v) is 17.5. The Morgan fingerprint density at radius 3 is 1.75 bits per heavy atom. The molecule has 4 aliphatic rings. The number of methoxy groups -OCH3 is 2. The number of carbonyl (C=O) groups is 4. The first-order chi connectivity index (χ1) is 28.9. The molecule has 0 bridgehead atoms. The van der Waals surface area contributed by atoms with Gasteiger partial charge in [0.1, 0.15) is 23.7 Å². The Labute approximate surface area is 348 Å². The van der Waals surface area contributed by atoms with E-state index in [-0.39, 0.29) is 47.8 Å². The van der Waals surface area contributed by atoms with Gasteiger partial charge in [0.05, 0.1) is 43.9 Å². The number of nitrogens with one attached hydrogen (secondary N) is 4. The first kappa shape index (κ1) is 39.3. The highest BCUT2D eigenvalue weighted by Gasteiger charge is 2.57. The standard InChI is InChI=1S/C46H52N8O6/c1-23(2)39(51-45(57)59-5)43(55)53-35-17-27(35)19-37(53)41-47-21-33(49-41)26-15-13-25(14-16-26)29-9-7-11-31-30(29)10-8-12-32(31)34-22-48-42(50-34)38-20-28-18-36(28)54(38)44(56)40(24(3)4)52-46(58)60-6/h7-16,21-24,27-28,35-40H,17-20H2,1-6H3,(H,47,49)(H,48,50)(H,51,57)(H,52,58)/t27-,28-,35-,36-,37+,38+,39+,40+/m1/s1. The highest BCUT2D eigenvalue weighted by atomic mass is 16.5. The van der Waals surface area contributed by atoms with Crippen LogP contribution >= 0.6 is 0 Å². The van der Waals surface area contributed by atoms with E-state index in [1.807, 2.05) is 49.9 Å². The van der Waals surface area contributed by atoms with E-state index in [2.05, 4.69) is 81.3 Å². The van der Waals surface area contributed by atoms with E-state index in [0.29, 0.717) is 11.8 Å². The van der Waals surface area contributed by atoms with Crippen LogP contribution in [0.4, 0.5) is 9.59 Å². The summed E-state index contributed by atoms with van der Waals surface area (Å²) < 4.78 is 9.64. The number of hydrogen-bond acceptors (Lipinski definition) is 8. The summed E-state index contributed by atoms with van der Waals surface area (Å²) in [5.41, 5.74) is 5.80. The average molecular weight is 813 g/mol. The number of benzene rings is 3. The number of likely N-dealkylation sites (tertiary alicyclic amines) is 2. The fourth-order valence-electron chi connectivity index (χ4n) is 9.67. The van der Waals surface area contributed by atoms with Gasteiger partial charge in [0.15, 0.2) is 0 Å². The summed E-state index contributed by atoms with van der Waals surface area (Å²) in [4.78, 5) is 72.7. The molecule has 4 heterocycles. The van der Waals surface area contributed by atoms with Gasteiger partial charge in [-0.05, 0) is 76.8 Å². The van der Waals surface area contributed by atoms with Gasteiger partial charge in [0.2, 0.25) is 11.8 Å². The second kappa shape index (κ2) is 15.4. The normalized spacial score (nSPS) is 23.6. The van der Waals surface area contributed by atoms with Gasteiger partial charge in [0, 0.05) is 23.8 Å². The maximum absolute atomic E-state index is 13.9. The third-order valence-electron chi connectivity index (χ3n) is 13.0. The largest absolute Gasteiger partial charge is 0.453 e. The van der Waals surface area contributed by atoms with Gasteiger partial charge in [0.25, 0.3) is 0 Å². The SMILES string of the molecule is COC(=O)N[C@H](C(=O)N1[C@@H]2C[C@@H]2C[C@H]1c1nc(-c2cccc3c(-c4ccc(-c5cnc([C@@H]6C[C@H]7C[C@H]7N6C(=O)[C@@H](NC(=O)OC)C(C)C)[nH]5)cc4)cccc23)c[nH]1)C(C)C. The van der Waals surface area contributed by atoms with Gasteiger partial charge in [-0.25, -0.2) is 19.6 Å². The topological polar surface area (TPSA) is 175 Å². The lowest BCUT2D eigenvalue weighted by molar-refractivity contribution is -0.137. The summed E-state index contributed by atoms with van der Waals surface area (Å²) in [6.45, 7) is 7.69. The van der Waals surface area contributed by atoms with Crippen LogP contribution in [0.5, 0.6) is 0 Å². The first-order valence-electron chi connectivity index (χ1n) is 21.0. The number of amides is 4. The smallest absolute Gasteiger partial charge is 0.407 e.